The molecule has 3 saturated carbocycles. The van der Waals surface area contributed by atoms with E-state index in [2.05, 4.69) is 0 Å². The Kier molecular flexibility index (Phi) is 4.62. The number of alkyl halides is 1. The van der Waals surface area contributed by atoms with Crippen molar-refractivity contribution < 1.29 is 28.6 Å². The molecule has 0 aromatic rings. The predicted molar refractivity (Wildman–Crippen MR) is 104 cm³/mol. The van der Waals surface area contributed by atoms with Crippen molar-refractivity contribution in [1.29, 1.82) is 0 Å². The quantitative estimate of drug-likeness (QED) is 0.712. The van der Waals surface area contributed by atoms with E-state index in [-0.39, 0.29) is 29.3 Å². The van der Waals surface area contributed by atoms with Gasteiger partial charge in [0, 0.05) is 18.8 Å². The smallest absolute Gasteiger partial charge is 0.303 e. The number of hydrogen-bond acceptors (Lipinski definition) is 5. The third kappa shape index (κ3) is 2.57. The van der Waals surface area contributed by atoms with Gasteiger partial charge in [-0.25, -0.2) is 4.39 Å². The molecule has 0 heterocycles. The van der Waals surface area contributed by atoms with Crippen LogP contribution in [0.5, 0.6) is 0 Å². The zero-order valence-corrected chi connectivity index (χ0v) is 17.7. The molecule has 0 radical (unpaired) electrons. The molecular formula is C23H31FO5. The van der Waals surface area contributed by atoms with E-state index in [1.807, 2.05) is 13.8 Å². The normalized spacial score (nSPS) is 48.8. The highest BCUT2D eigenvalue weighted by molar-refractivity contribution is 5.92. The highest BCUT2D eigenvalue weighted by atomic mass is 19.1. The molecule has 3 fully saturated rings. The summed E-state index contributed by atoms with van der Waals surface area (Å²) in [5.41, 5.74) is -1.85. The van der Waals surface area contributed by atoms with Gasteiger partial charge in [-0.3, -0.25) is 14.4 Å². The van der Waals surface area contributed by atoms with Gasteiger partial charge in [-0.15, -0.1) is 0 Å². The molecule has 8 atom stereocenters. The molecule has 160 valence electrons. The molecule has 4 rings (SSSR count). The summed E-state index contributed by atoms with van der Waals surface area (Å²) in [5.74, 6) is -1.13. The molecular weight excluding hydrogens is 375 g/mol. The van der Waals surface area contributed by atoms with Crippen LogP contribution in [-0.4, -0.2) is 40.5 Å². The Morgan fingerprint density at radius 2 is 1.79 bits per heavy atom. The number of ether oxygens (including phenoxy) is 1. The Balaban J connectivity index is 1.78. The van der Waals surface area contributed by atoms with Gasteiger partial charge in [-0.05, 0) is 73.8 Å². The first-order valence-corrected chi connectivity index (χ1v) is 10.8. The maximum Gasteiger partial charge on any atom is 0.303 e. The van der Waals surface area contributed by atoms with E-state index in [1.54, 1.807) is 0 Å². The molecule has 4 aliphatic carbocycles. The molecule has 0 amide bonds. The van der Waals surface area contributed by atoms with Crippen molar-refractivity contribution in [3.05, 3.63) is 11.6 Å². The summed E-state index contributed by atoms with van der Waals surface area (Å²) in [6.45, 7) is 6.79. The van der Waals surface area contributed by atoms with Crippen LogP contribution in [-0.2, 0) is 19.1 Å². The SMILES string of the molecule is CC(=O)O[C@]1(C(C)=O)CC[C@H]2[C@@H]3C(O)C(F)C4=CC(=O)CC[C@]4(C)[C@H]3CC[C@@]21C. The standard InChI is InChI=1S/C23H31FO5/c1-12(25)23(29-13(2)26)10-7-16-18-15(6-9-22(16,23)4)21(3)8-5-14(27)11-17(21)19(24)20(18)28/h11,15-16,18-20,28H,5-10H2,1-4H3/t15-,16-,18+,19?,20?,21+,22-,23-/m0/s1. The van der Waals surface area contributed by atoms with E-state index < -0.39 is 34.7 Å². The minimum atomic E-state index is -1.58. The lowest BCUT2D eigenvalue weighted by atomic mass is 9.45. The van der Waals surface area contributed by atoms with Gasteiger partial charge in [-0.2, -0.15) is 0 Å². The first-order valence-electron chi connectivity index (χ1n) is 10.8. The van der Waals surface area contributed by atoms with Gasteiger partial charge in [-0.1, -0.05) is 13.8 Å². The Bertz CT molecular complexity index is 805. The third-order valence-corrected chi connectivity index (χ3v) is 9.02. The molecule has 2 unspecified atom stereocenters. The van der Waals surface area contributed by atoms with Crippen LogP contribution in [0.4, 0.5) is 4.39 Å². The fourth-order valence-electron chi connectivity index (χ4n) is 7.59. The van der Waals surface area contributed by atoms with E-state index in [0.29, 0.717) is 44.1 Å². The summed E-state index contributed by atoms with van der Waals surface area (Å²) < 4.78 is 21.1. The number of Topliss-reactive ketones (excluding diaryl/α,β-unsaturated/α-hetero) is 1. The van der Waals surface area contributed by atoms with Crippen LogP contribution in [0.3, 0.4) is 0 Å². The molecule has 6 heteroatoms. The summed E-state index contributed by atoms with van der Waals surface area (Å²) >= 11 is 0. The Labute approximate surface area is 171 Å². The minimum absolute atomic E-state index is 0.0435. The molecule has 29 heavy (non-hydrogen) atoms. The largest absolute Gasteiger partial charge is 0.451 e. The number of fused-ring (bicyclic) bond motifs is 5. The van der Waals surface area contributed by atoms with Gasteiger partial charge in [0.2, 0.25) is 0 Å². The van der Waals surface area contributed by atoms with E-state index >= 15 is 4.39 Å². The summed E-state index contributed by atoms with van der Waals surface area (Å²) in [5, 5.41) is 11.0. The fourth-order valence-corrected chi connectivity index (χ4v) is 7.59. The second-order valence-corrected chi connectivity index (χ2v) is 10.1. The highest BCUT2D eigenvalue weighted by Gasteiger charge is 2.70. The molecule has 0 bridgehead atoms. The van der Waals surface area contributed by atoms with Crippen LogP contribution in [0.1, 0.15) is 66.2 Å². The van der Waals surface area contributed by atoms with Gasteiger partial charge in [0.15, 0.2) is 17.2 Å². The molecule has 0 aromatic heterocycles. The number of ketones is 2. The highest BCUT2D eigenvalue weighted by Crippen LogP contribution is 2.68. The molecule has 0 aliphatic heterocycles. The topological polar surface area (TPSA) is 80.7 Å². The number of aliphatic hydroxyl groups excluding tert-OH is 1. The van der Waals surface area contributed by atoms with E-state index in [9.17, 15) is 19.5 Å². The number of hydrogen-bond donors (Lipinski definition) is 1. The second-order valence-electron chi connectivity index (χ2n) is 10.1. The second kappa shape index (κ2) is 6.47. The van der Waals surface area contributed by atoms with E-state index in [0.717, 1.165) is 0 Å². The Morgan fingerprint density at radius 3 is 2.41 bits per heavy atom. The van der Waals surface area contributed by atoms with Gasteiger partial charge in [0.1, 0.15) is 6.17 Å². The fraction of sp³-hybridized carbons (Fsp3) is 0.783. The number of carbonyl (C=O) groups is 3. The molecule has 0 saturated heterocycles. The Morgan fingerprint density at radius 1 is 1.14 bits per heavy atom. The average molecular weight is 406 g/mol. The molecule has 1 N–H and O–H groups in total. The minimum Gasteiger partial charge on any atom is -0.451 e. The molecule has 5 nitrogen and oxygen atoms in total. The van der Waals surface area contributed by atoms with E-state index in [4.69, 9.17) is 4.74 Å². The molecule has 0 spiro atoms. The zero-order valence-electron chi connectivity index (χ0n) is 17.7. The first-order chi connectivity index (χ1) is 13.5. The van der Waals surface area contributed by atoms with Crippen LogP contribution in [0, 0.1) is 28.6 Å². The van der Waals surface area contributed by atoms with Crippen LogP contribution >= 0.6 is 0 Å². The van der Waals surface area contributed by atoms with Crippen molar-refractivity contribution in [2.24, 2.45) is 28.6 Å². The van der Waals surface area contributed by atoms with Crippen molar-refractivity contribution in [2.75, 3.05) is 0 Å². The van der Waals surface area contributed by atoms with Crippen molar-refractivity contribution in [3.8, 4) is 0 Å². The monoisotopic (exact) mass is 406 g/mol. The van der Waals surface area contributed by atoms with Crippen LogP contribution < -0.4 is 0 Å². The Hall–Kier alpha value is -1.56. The maximum absolute atomic E-state index is 15.4. The van der Waals surface area contributed by atoms with E-state index in [1.165, 1.54) is 19.9 Å². The number of rotatable bonds is 2. The molecule has 4 aliphatic rings. The van der Waals surface area contributed by atoms with Gasteiger partial charge in [0.05, 0.1) is 6.10 Å². The first kappa shape index (κ1) is 20.7. The lowest BCUT2D eigenvalue weighted by Gasteiger charge is -2.60. The van der Waals surface area contributed by atoms with Gasteiger partial charge in [0.25, 0.3) is 0 Å². The summed E-state index contributed by atoms with van der Waals surface area (Å²) in [4.78, 5) is 36.6. The van der Waals surface area contributed by atoms with Crippen molar-refractivity contribution in [1.82, 2.24) is 0 Å². The summed E-state index contributed by atoms with van der Waals surface area (Å²) in [7, 11) is 0. The maximum atomic E-state index is 15.4. The van der Waals surface area contributed by atoms with Gasteiger partial charge < -0.3 is 9.84 Å². The predicted octanol–water partition coefficient (Wildman–Crippen LogP) is 3.33. The summed E-state index contributed by atoms with van der Waals surface area (Å²) in [6.07, 6.45) is 2.04. The van der Waals surface area contributed by atoms with Crippen LogP contribution in [0.25, 0.3) is 0 Å². The van der Waals surface area contributed by atoms with Crippen molar-refractivity contribution in [3.63, 3.8) is 0 Å². The van der Waals surface area contributed by atoms with Crippen LogP contribution in [0.2, 0.25) is 0 Å². The van der Waals surface area contributed by atoms with Crippen molar-refractivity contribution in [2.45, 2.75) is 84.1 Å². The van der Waals surface area contributed by atoms with Crippen LogP contribution in [0.15, 0.2) is 11.6 Å². The summed E-state index contributed by atoms with van der Waals surface area (Å²) in [6, 6.07) is 0. The lowest BCUT2D eigenvalue weighted by Crippen LogP contribution is -2.63. The lowest BCUT2D eigenvalue weighted by molar-refractivity contribution is -0.194. The third-order valence-electron chi connectivity index (χ3n) is 9.02. The number of aliphatic hydroxyl groups is 1. The zero-order chi connectivity index (χ0) is 21.4. The molecule has 0 aromatic carbocycles. The average Bonchev–Trinajstić information content (AvgIpc) is 2.94. The number of carbonyl (C=O) groups excluding carboxylic acids is 3. The number of esters is 1. The van der Waals surface area contributed by atoms with Crippen molar-refractivity contribution >= 4 is 17.5 Å². The number of halogens is 1. The van der Waals surface area contributed by atoms with Gasteiger partial charge >= 0.3 is 5.97 Å².